The summed E-state index contributed by atoms with van der Waals surface area (Å²) in [5, 5.41) is 3.11. The lowest BCUT2D eigenvalue weighted by Crippen LogP contribution is -2.48. The van der Waals surface area contributed by atoms with E-state index in [1.807, 2.05) is 50.8 Å². The molecule has 1 aromatic carbocycles. The minimum Gasteiger partial charge on any atom is -0.403 e. The van der Waals surface area contributed by atoms with Crippen molar-refractivity contribution in [3.8, 4) is 12.3 Å². The Morgan fingerprint density at radius 3 is 2.47 bits per heavy atom. The molecule has 30 heavy (non-hydrogen) atoms. The summed E-state index contributed by atoms with van der Waals surface area (Å²) in [5.74, 6) is 3.93. The largest absolute Gasteiger partial charge is 0.403 e. The molecule has 3 N–H and O–H groups in total. The van der Waals surface area contributed by atoms with Crippen LogP contribution in [0.1, 0.15) is 45.2 Å². The van der Waals surface area contributed by atoms with Crippen LogP contribution in [0.2, 0.25) is 0 Å². The number of nitrogens with zero attached hydrogens (tertiary/aromatic N) is 3. The third kappa shape index (κ3) is 7.07. The molecule has 162 valence electrons. The van der Waals surface area contributed by atoms with Gasteiger partial charge in [0.05, 0.1) is 18.4 Å². The van der Waals surface area contributed by atoms with Crippen LogP contribution in [0.3, 0.4) is 0 Å². The first kappa shape index (κ1) is 25.0. The average Bonchev–Trinajstić information content (AvgIpc) is 2.98. The maximum Gasteiger partial charge on any atom is 0.249 e. The zero-order valence-corrected chi connectivity index (χ0v) is 19.0. The molecule has 6 nitrogen and oxygen atoms in total. The van der Waals surface area contributed by atoms with Crippen LogP contribution in [-0.4, -0.2) is 41.5 Å². The number of carbonyl (C=O) groups is 1. The van der Waals surface area contributed by atoms with E-state index in [-0.39, 0.29) is 18.0 Å². The number of hydrogen-bond acceptors (Lipinski definition) is 5. The lowest BCUT2D eigenvalue weighted by atomic mass is 9.97. The van der Waals surface area contributed by atoms with Gasteiger partial charge in [0.15, 0.2) is 0 Å². The number of nitrogens with one attached hydrogen (secondary N) is 1. The molecular formula is C24H35N5O. The van der Waals surface area contributed by atoms with Crippen LogP contribution in [-0.2, 0) is 4.79 Å². The van der Waals surface area contributed by atoms with E-state index in [0.717, 1.165) is 29.1 Å². The van der Waals surface area contributed by atoms with Gasteiger partial charge in [-0.05, 0) is 51.2 Å². The number of aryl methyl sites for hydroxylation is 2. The zero-order chi connectivity index (χ0) is 22.7. The molecule has 0 spiro atoms. The van der Waals surface area contributed by atoms with Gasteiger partial charge in [-0.2, -0.15) is 0 Å². The topological polar surface area (TPSA) is 83.1 Å². The van der Waals surface area contributed by atoms with Gasteiger partial charge in [-0.3, -0.25) is 14.8 Å². The van der Waals surface area contributed by atoms with Crippen molar-refractivity contribution in [2.24, 2.45) is 21.6 Å². The number of benzene rings is 1. The predicted octanol–water partition coefficient (Wildman–Crippen LogP) is 3.90. The number of carbonyl (C=O) groups excluding carboxylic acids is 1. The van der Waals surface area contributed by atoms with Crippen molar-refractivity contribution in [3.05, 3.63) is 41.7 Å². The van der Waals surface area contributed by atoms with Gasteiger partial charge in [0.25, 0.3) is 0 Å². The van der Waals surface area contributed by atoms with E-state index in [2.05, 4.69) is 30.1 Å². The van der Waals surface area contributed by atoms with Crippen molar-refractivity contribution in [1.29, 1.82) is 0 Å². The summed E-state index contributed by atoms with van der Waals surface area (Å²) in [6, 6.07) is 5.60. The van der Waals surface area contributed by atoms with Crippen LogP contribution in [0, 0.1) is 32.1 Å². The molecule has 6 heteroatoms. The normalized spacial score (nSPS) is 18.3. The molecular weight excluding hydrogens is 374 g/mol. The second kappa shape index (κ2) is 12.5. The van der Waals surface area contributed by atoms with Gasteiger partial charge in [-0.1, -0.05) is 38.0 Å². The van der Waals surface area contributed by atoms with E-state index in [0.29, 0.717) is 12.5 Å². The number of rotatable bonds is 6. The van der Waals surface area contributed by atoms with Crippen molar-refractivity contribution >= 4 is 23.6 Å². The van der Waals surface area contributed by atoms with Crippen molar-refractivity contribution < 1.29 is 4.79 Å². The molecule has 0 aromatic heterocycles. The Labute approximate surface area is 181 Å². The van der Waals surface area contributed by atoms with Crippen LogP contribution in [0.4, 0.5) is 5.69 Å². The standard InChI is InChI=1S/C20H27N3O.C4H8N2/c1-7-11-23-16(6)21-17(12-13(2)3)19(23)20(24)22-18-14(4)9-8-10-15(18)5;1-2-6-4-3-5/h1,8-10,13,17,19H,11-12H2,2-6H3,(H,22,24);2-4H,5H2,1H3/b;4-3-,6-2?. The number of anilines is 1. The van der Waals surface area contributed by atoms with E-state index in [1.165, 1.54) is 12.4 Å². The number of para-hydroxylation sites is 1. The quantitative estimate of drug-likeness (QED) is 0.552. The molecule has 2 unspecified atom stereocenters. The van der Waals surface area contributed by atoms with Crippen LogP contribution in [0.25, 0.3) is 0 Å². The number of nitrogens with two attached hydrogens (primary N) is 1. The maximum atomic E-state index is 13.0. The molecule has 0 bridgehead atoms. The SMILES string of the molecule is C#CCN1C(C)=NC(CC(C)C)C1C(=O)Nc1c(C)cccc1C.CC=N/C=C\N. The van der Waals surface area contributed by atoms with Gasteiger partial charge in [-0.25, -0.2) is 0 Å². The fraction of sp³-hybridized carbons (Fsp3) is 0.458. The minimum absolute atomic E-state index is 0.0334. The number of amidine groups is 1. The zero-order valence-electron chi connectivity index (χ0n) is 19.0. The van der Waals surface area contributed by atoms with Crippen LogP contribution in [0.5, 0.6) is 0 Å². The molecule has 2 atom stereocenters. The molecule has 1 aliphatic heterocycles. The Kier molecular flexibility index (Phi) is 10.4. The van der Waals surface area contributed by atoms with E-state index < -0.39 is 0 Å². The van der Waals surface area contributed by atoms with Crippen LogP contribution >= 0.6 is 0 Å². The highest BCUT2D eigenvalue weighted by Gasteiger charge is 2.39. The summed E-state index contributed by atoms with van der Waals surface area (Å²) >= 11 is 0. The molecule has 0 aliphatic carbocycles. The van der Waals surface area contributed by atoms with E-state index in [9.17, 15) is 4.79 Å². The summed E-state index contributed by atoms with van der Waals surface area (Å²) in [7, 11) is 0. The van der Waals surface area contributed by atoms with Crippen molar-refractivity contribution in [1.82, 2.24) is 4.90 Å². The molecule has 0 saturated carbocycles. The van der Waals surface area contributed by atoms with Gasteiger partial charge < -0.3 is 16.0 Å². The van der Waals surface area contributed by atoms with Crippen LogP contribution < -0.4 is 11.1 Å². The first-order valence-electron chi connectivity index (χ1n) is 10.2. The molecule has 0 saturated heterocycles. The minimum atomic E-state index is -0.345. The van der Waals surface area contributed by atoms with E-state index in [1.54, 1.807) is 6.21 Å². The van der Waals surface area contributed by atoms with Gasteiger partial charge in [0.2, 0.25) is 5.91 Å². The monoisotopic (exact) mass is 409 g/mol. The number of terminal acetylenes is 1. The first-order valence-corrected chi connectivity index (χ1v) is 10.2. The summed E-state index contributed by atoms with van der Waals surface area (Å²) in [4.78, 5) is 23.4. The van der Waals surface area contributed by atoms with E-state index in [4.69, 9.17) is 17.1 Å². The lowest BCUT2D eigenvalue weighted by Gasteiger charge is -2.28. The van der Waals surface area contributed by atoms with Crippen LogP contribution in [0.15, 0.2) is 40.6 Å². The number of amides is 1. The summed E-state index contributed by atoms with van der Waals surface area (Å²) in [6.45, 7) is 12.5. The highest BCUT2D eigenvalue weighted by atomic mass is 16.2. The molecule has 1 amide bonds. The summed E-state index contributed by atoms with van der Waals surface area (Å²) < 4.78 is 0. The van der Waals surface area contributed by atoms with Crippen molar-refractivity contribution in [2.45, 2.75) is 60.0 Å². The highest BCUT2D eigenvalue weighted by Crippen LogP contribution is 2.26. The molecule has 1 aromatic rings. The second-order valence-electron chi connectivity index (χ2n) is 7.65. The number of hydrogen-bond donors (Lipinski definition) is 2. The molecule has 0 fully saturated rings. The fourth-order valence-electron chi connectivity index (χ4n) is 3.43. The average molecular weight is 410 g/mol. The smallest absolute Gasteiger partial charge is 0.249 e. The fourth-order valence-corrected chi connectivity index (χ4v) is 3.43. The summed E-state index contributed by atoms with van der Waals surface area (Å²) in [5.41, 5.74) is 7.92. The Morgan fingerprint density at radius 1 is 1.37 bits per heavy atom. The molecule has 0 radical (unpaired) electrons. The number of aliphatic imine (C=N–C) groups is 2. The molecule has 1 aliphatic rings. The highest BCUT2D eigenvalue weighted by molar-refractivity contribution is 6.00. The Morgan fingerprint density at radius 2 is 2.00 bits per heavy atom. The predicted molar refractivity (Wildman–Crippen MR) is 128 cm³/mol. The Balaban J connectivity index is 0.000000656. The van der Waals surface area contributed by atoms with E-state index >= 15 is 0 Å². The van der Waals surface area contributed by atoms with Gasteiger partial charge >= 0.3 is 0 Å². The molecule has 1 heterocycles. The van der Waals surface area contributed by atoms with Gasteiger partial charge in [0.1, 0.15) is 6.04 Å². The third-order valence-corrected chi connectivity index (χ3v) is 4.76. The first-order chi connectivity index (χ1) is 14.3. The van der Waals surface area contributed by atoms with Gasteiger partial charge in [-0.15, -0.1) is 6.42 Å². The maximum absolute atomic E-state index is 13.0. The summed E-state index contributed by atoms with van der Waals surface area (Å²) in [6.07, 6.45) is 11.0. The Hall–Kier alpha value is -3.07. The lowest BCUT2D eigenvalue weighted by molar-refractivity contribution is -0.120. The third-order valence-electron chi connectivity index (χ3n) is 4.76. The van der Waals surface area contributed by atoms with Crippen molar-refractivity contribution in [3.63, 3.8) is 0 Å². The Bertz CT molecular complexity index is 802. The van der Waals surface area contributed by atoms with Gasteiger partial charge in [0, 0.05) is 24.3 Å². The van der Waals surface area contributed by atoms with Crippen molar-refractivity contribution in [2.75, 3.05) is 11.9 Å². The molecule has 2 rings (SSSR count). The second-order valence-corrected chi connectivity index (χ2v) is 7.65.